The van der Waals surface area contributed by atoms with E-state index in [4.69, 9.17) is 9.84 Å². The summed E-state index contributed by atoms with van der Waals surface area (Å²) in [6.45, 7) is 0.0124. The van der Waals surface area contributed by atoms with Crippen LogP contribution in [0.4, 0.5) is 18.9 Å². The number of aliphatic hydroxyl groups excluding tert-OH is 1. The molecule has 0 amide bonds. The SMILES string of the molecule is OCCOc1ccc(NCc2cc(F)c(F)cc2F)cn1. The van der Waals surface area contributed by atoms with E-state index in [2.05, 4.69) is 10.3 Å². The first-order valence-electron chi connectivity index (χ1n) is 6.17. The van der Waals surface area contributed by atoms with E-state index in [1.807, 2.05) is 0 Å². The third kappa shape index (κ3) is 4.09. The first-order valence-corrected chi connectivity index (χ1v) is 6.17. The predicted octanol–water partition coefficient (Wildman–Crippen LogP) is 2.48. The third-order valence-corrected chi connectivity index (χ3v) is 2.65. The maximum atomic E-state index is 13.4. The summed E-state index contributed by atoms with van der Waals surface area (Å²) >= 11 is 0. The van der Waals surface area contributed by atoms with Crippen molar-refractivity contribution >= 4 is 5.69 Å². The second-order valence-corrected chi connectivity index (χ2v) is 4.17. The van der Waals surface area contributed by atoms with Crippen LogP contribution >= 0.6 is 0 Å². The zero-order chi connectivity index (χ0) is 15.2. The quantitative estimate of drug-likeness (QED) is 0.805. The molecule has 0 aliphatic carbocycles. The van der Waals surface area contributed by atoms with Gasteiger partial charge in [-0.05, 0) is 12.1 Å². The summed E-state index contributed by atoms with van der Waals surface area (Å²) in [5, 5.41) is 11.4. The minimum atomic E-state index is -1.22. The molecule has 0 unspecified atom stereocenters. The lowest BCUT2D eigenvalue weighted by atomic mass is 10.2. The molecule has 0 saturated heterocycles. The summed E-state index contributed by atoms with van der Waals surface area (Å²) in [5.41, 5.74) is 0.574. The number of nitrogens with one attached hydrogen (secondary N) is 1. The lowest BCUT2D eigenvalue weighted by Crippen LogP contribution is -2.05. The number of nitrogens with zero attached hydrogens (tertiary/aromatic N) is 1. The van der Waals surface area contributed by atoms with Crippen LogP contribution in [0, 0.1) is 17.5 Å². The molecule has 0 aliphatic heterocycles. The zero-order valence-corrected chi connectivity index (χ0v) is 10.9. The largest absolute Gasteiger partial charge is 0.475 e. The number of hydrogen-bond acceptors (Lipinski definition) is 4. The van der Waals surface area contributed by atoms with E-state index in [0.717, 1.165) is 6.07 Å². The maximum absolute atomic E-state index is 13.4. The fourth-order valence-corrected chi connectivity index (χ4v) is 1.62. The number of ether oxygens (including phenoxy) is 1. The number of benzene rings is 1. The van der Waals surface area contributed by atoms with Crippen molar-refractivity contribution in [3.8, 4) is 5.88 Å². The van der Waals surface area contributed by atoms with Gasteiger partial charge < -0.3 is 15.2 Å². The molecule has 0 aliphatic rings. The second-order valence-electron chi connectivity index (χ2n) is 4.17. The molecule has 1 aromatic heterocycles. The highest BCUT2D eigenvalue weighted by Crippen LogP contribution is 2.16. The fourth-order valence-electron chi connectivity index (χ4n) is 1.62. The van der Waals surface area contributed by atoms with E-state index in [1.54, 1.807) is 12.1 Å². The number of aliphatic hydroxyl groups is 1. The number of rotatable bonds is 6. The second kappa shape index (κ2) is 6.94. The molecular formula is C14H13F3N2O2. The maximum Gasteiger partial charge on any atom is 0.213 e. The van der Waals surface area contributed by atoms with Crippen molar-refractivity contribution in [2.24, 2.45) is 0 Å². The summed E-state index contributed by atoms with van der Waals surface area (Å²) in [7, 11) is 0. The van der Waals surface area contributed by atoms with E-state index in [9.17, 15) is 13.2 Å². The molecule has 0 atom stereocenters. The molecule has 2 aromatic rings. The first-order chi connectivity index (χ1) is 10.1. The molecule has 0 fully saturated rings. The van der Waals surface area contributed by atoms with Gasteiger partial charge in [0.15, 0.2) is 11.6 Å². The lowest BCUT2D eigenvalue weighted by molar-refractivity contribution is 0.196. The molecule has 0 saturated carbocycles. The van der Waals surface area contributed by atoms with Crippen molar-refractivity contribution < 1.29 is 23.0 Å². The Kier molecular flexibility index (Phi) is 4.99. The molecule has 21 heavy (non-hydrogen) atoms. The van der Waals surface area contributed by atoms with E-state index < -0.39 is 17.5 Å². The Morgan fingerprint density at radius 3 is 2.52 bits per heavy atom. The predicted molar refractivity (Wildman–Crippen MR) is 70.5 cm³/mol. The van der Waals surface area contributed by atoms with Crippen LogP contribution in [0.25, 0.3) is 0 Å². The van der Waals surface area contributed by atoms with Gasteiger partial charge in [-0.2, -0.15) is 0 Å². The molecule has 0 radical (unpaired) electrons. The van der Waals surface area contributed by atoms with Gasteiger partial charge in [-0.15, -0.1) is 0 Å². The van der Waals surface area contributed by atoms with Crippen LogP contribution in [0.1, 0.15) is 5.56 Å². The molecule has 0 spiro atoms. The van der Waals surface area contributed by atoms with Crippen molar-refractivity contribution in [3.05, 3.63) is 53.5 Å². The first kappa shape index (κ1) is 15.1. The van der Waals surface area contributed by atoms with Crippen LogP contribution in [0.5, 0.6) is 5.88 Å². The van der Waals surface area contributed by atoms with Crippen molar-refractivity contribution in [2.45, 2.75) is 6.54 Å². The van der Waals surface area contributed by atoms with Crippen molar-refractivity contribution in [2.75, 3.05) is 18.5 Å². The fraction of sp³-hybridized carbons (Fsp3) is 0.214. The van der Waals surface area contributed by atoms with Crippen molar-refractivity contribution in [1.29, 1.82) is 0 Å². The van der Waals surface area contributed by atoms with E-state index in [-0.39, 0.29) is 25.3 Å². The molecule has 112 valence electrons. The van der Waals surface area contributed by atoms with Crippen molar-refractivity contribution in [3.63, 3.8) is 0 Å². The van der Waals surface area contributed by atoms with Gasteiger partial charge in [-0.25, -0.2) is 18.2 Å². The summed E-state index contributed by atoms with van der Waals surface area (Å²) in [6, 6.07) is 4.53. The van der Waals surface area contributed by atoms with E-state index in [1.165, 1.54) is 6.20 Å². The molecule has 7 heteroatoms. The van der Waals surface area contributed by atoms with Crippen LogP contribution in [0.15, 0.2) is 30.5 Å². The number of hydrogen-bond donors (Lipinski definition) is 2. The topological polar surface area (TPSA) is 54.4 Å². The van der Waals surface area contributed by atoms with Gasteiger partial charge >= 0.3 is 0 Å². The number of halogens is 3. The Morgan fingerprint density at radius 1 is 1.10 bits per heavy atom. The Hall–Kier alpha value is -2.28. The molecule has 2 rings (SSSR count). The van der Waals surface area contributed by atoms with E-state index in [0.29, 0.717) is 17.6 Å². The Labute approximate surface area is 119 Å². The third-order valence-electron chi connectivity index (χ3n) is 2.65. The van der Waals surface area contributed by atoms with Crippen LogP contribution in [-0.2, 0) is 6.54 Å². The van der Waals surface area contributed by atoms with Gasteiger partial charge in [-0.1, -0.05) is 0 Å². The summed E-state index contributed by atoms with van der Waals surface area (Å²) in [5.74, 6) is -2.80. The highest BCUT2D eigenvalue weighted by Gasteiger charge is 2.09. The van der Waals surface area contributed by atoms with Gasteiger partial charge in [0.25, 0.3) is 0 Å². The van der Waals surface area contributed by atoms with Gasteiger partial charge in [-0.3, -0.25) is 0 Å². The lowest BCUT2D eigenvalue weighted by Gasteiger charge is -2.09. The number of anilines is 1. The Morgan fingerprint density at radius 2 is 1.86 bits per heavy atom. The van der Waals surface area contributed by atoms with E-state index >= 15 is 0 Å². The highest BCUT2D eigenvalue weighted by molar-refractivity contribution is 5.42. The molecule has 1 heterocycles. The standard InChI is InChI=1S/C14H13F3N2O2/c15-11-6-13(17)12(16)5-9(11)7-18-10-1-2-14(19-8-10)21-4-3-20/h1-2,5-6,8,18,20H,3-4,7H2. The average Bonchev–Trinajstić information content (AvgIpc) is 2.48. The molecule has 0 bridgehead atoms. The molecule has 1 aromatic carbocycles. The highest BCUT2D eigenvalue weighted by atomic mass is 19.2. The van der Waals surface area contributed by atoms with Crippen molar-refractivity contribution in [1.82, 2.24) is 4.98 Å². The van der Waals surface area contributed by atoms with Crippen LogP contribution in [0.3, 0.4) is 0 Å². The minimum Gasteiger partial charge on any atom is -0.475 e. The summed E-state index contributed by atoms with van der Waals surface area (Å²) in [6.07, 6.45) is 1.45. The molecule has 2 N–H and O–H groups in total. The van der Waals surface area contributed by atoms with Gasteiger partial charge in [0, 0.05) is 24.2 Å². The number of aromatic nitrogens is 1. The van der Waals surface area contributed by atoms with Crippen LogP contribution < -0.4 is 10.1 Å². The smallest absolute Gasteiger partial charge is 0.213 e. The van der Waals surface area contributed by atoms with Gasteiger partial charge in [0.1, 0.15) is 12.4 Å². The molecule has 4 nitrogen and oxygen atoms in total. The summed E-state index contributed by atoms with van der Waals surface area (Å²) < 4.78 is 44.3. The Bertz CT molecular complexity index is 606. The van der Waals surface area contributed by atoms with Gasteiger partial charge in [0.2, 0.25) is 5.88 Å². The van der Waals surface area contributed by atoms with Crippen LogP contribution in [0.2, 0.25) is 0 Å². The summed E-state index contributed by atoms with van der Waals surface area (Å²) in [4.78, 5) is 3.96. The number of pyridine rings is 1. The normalized spacial score (nSPS) is 10.5. The monoisotopic (exact) mass is 298 g/mol. The minimum absolute atomic E-state index is 0.00880. The molecular weight excluding hydrogens is 285 g/mol. The Balaban J connectivity index is 1.98. The average molecular weight is 298 g/mol. The zero-order valence-electron chi connectivity index (χ0n) is 10.9. The van der Waals surface area contributed by atoms with Crippen LogP contribution in [-0.4, -0.2) is 23.3 Å². The van der Waals surface area contributed by atoms with Gasteiger partial charge in [0.05, 0.1) is 18.5 Å².